The maximum absolute atomic E-state index is 9.89. The van der Waals surface area contributed by atoms with Gasteiger partial charge in [-0.25, -0.2) is 4.79 Å². The topological polar surface area (TPSA) is 90.2 Å². The molecular weight excluding hydrogens is 262 g/mol. The Kier molecular flexibility index (Phi) is 16.2. The average molecular weight is 286 g/mol. The van der Waals surface area contributed by atoms with Crippen LogP contribution in [0.15, 0.2) is 0 Å². The van der Waals surface area contributed by atoms with Gasteiger partial charge in [0.15, 0.2) is 0 Å². The van der Waals surface area contributed by atoms with Crippen molar-refractivity contribution in [1.82, 2.24) is 4.90 Å². The van der Waals surface area contributed by atoms with Crippen LogP contribution in [0.3, 0.4) is 0 Å². The number of hydrogen-bond donors (Lipinski definition) is 3. The van der Waals surface area contributed by atoms with Crippen molar-refractivity contribution in [3.05, 3.63) is 0 Å². The summed E-state index contributed by atoms with van der Waals surface area (Å²) in [5, 5.41) is 25.5. The van der Waals surface area contributed by atoms with E-state index in [2.05, 4.69) is 4.74 Å². The Bertz CT molecular complexity index is 178. The minimum absolute atomic E-state index is 0.0694. The highest BCUT2D eigenvalue weighted by atomic mass is 35.5. The van der Waals surface area contributed by atoms with Crippen molar-refractivity contribution < 1.29 is 24.9 Å². The lowest BCUT2D eigenvalue weighted by molar-refractivity contribution is 0.136. The monoisotopic (exact) mass is 285 g/mol. The third kappa shape index (κ3) is 18.0. The van der Waals surface area contributed by atoms with Crippen LogP contribution in [0.1, 0.15) is 13.8 Å². The molecule has 0 amide bonds. The molecule has 0 aliphatic rings. The van der Waals surface area contributed by atoms with Gasteiger partial charge in [0, 0.05) is 31.2 Å². The maximum atomic E-state index is 9.89. The van der Waals surface area contributed by atoms with Crippen molar-refractivity contribution in [2.45, 2.75) is 13.8 Å². The second-order valence-corrected chi connectivity index (χ2v) is 4.26. The number of hydrogen-bond acceptors (Lipinski definition) is 6. The number of nitrogens with zero attached hydrogens (tertiary/aromatic N) is 1. The summed E-state index contributed by atoms with van der Waals surface area (Å²) in [5.41, 5.74) is -0.723. The smallest absolute Gasteiger partial charge is 0.403 e. The van der Waals surface area contributed by atoms with Crippen molar-refractivity contribution >= 4 is 17.0 Å². The number of aliphatic hydroxyl groups is 3. The van der Waals surface area contributed by atoms with E-state index in [1.807, 2.05) is 13.8 Å². The highest BCUT2D eigenvalue weighted by Gasteiger charge is 2.00. The summed E-state index contributed by atoms with van der Waals surface area (Å²) in [5.74, 6) is 0.359. The molecule has 6 nitrogen and oxygen atoms in total. The van der Waals surface area contributed by atoms with E-state index in [0.29, 0.717) is 32.2 Å². The van der Waals surface area contributed by atoms with Crippen molar-refractivity contribution in [1.29, 1.82) is 0 Å². The summed E-state index contributed by atoms with van der Waals surface area (Å²) in [6.07, 6.45) is 0. The van der Waals surface area contributed by atoms with Crippen molar-refractivity contribution in [3.8, 4) is 0 Å². The summed E-state index contributed by atoms with van der Waals surface area (Å²) in [4.78, 5) is 11.7. The number of rotatable bonds is 8. The molecule has 0 aromatic heterocycles. The zero-order chi connectivity index (χ0) is 14.4. The van der Waals surface area contributed by atoms with Crippen LogP contribution < -0.4 is 0 Å². The van der Waals surface area contributed by atoms with Gasteiger partial charge in [-0.1, -0.05) is 13.8 Å². The minimum atomic E-state index is -0.723. The second-order valence-electron chi connectivity index (χ2n) is 3.95. The number of carbonyl (C=O) groups is 1. The zero-order valence-electron chi connectivity index (χ0n) is 11.0. The van der Waals surface area contributed by atoms with Gasteiger partial charge in [0.1, 0.15) is 0 Å². The van der Waals surface area contributed by atoms with Crippen LogP contribution in [-0.4, -0.2) is 71.7 Å². The molecule has 0 aromatic carbocycles. The molecule has 0 aliphatic heterocycles. The van der Waals surface area contributed by atoms with Crippen LogP contribution in [0.2, 0.25) is 0 Å². The lowest BCUT2D eigenvalue weighted by Crippen LogP contribution is -2.32. The fourth-order valence-corrected chi connectivity index (χ4v) is 1.05. The Labute approximate surface area is 113 Å². The minimum Gasteiger partial charge on any atom is -0.453 e. The zero-order valence-corrected chi connectivity index (χ0v) is 11.8. The molecule has 0 atom stereocenters. The molecular formula is C11H24ClNO5. The maximum Gasteiger partial charge on any atom is 0.403 e. The number of carbonyl (C=O) groups excluding carboxylic acids is 1. The van der Waals surface area contributed by atoms with E-state index in [9.17, 15) is 4.79 Å². The van der Waals surface area contributed by atoms with E-state index < -0.39 is 5.43 Å². The molecule has 0 saturated carbocycles. The molecule has 0 unspecified atom stereocenters. The standard InChI is InChI=1S/C6H15NO3.C5H9ClO2/c8-4-1-7(2-5-9)3-6-10;1-4(2)3-8-5(6)7/h8-10H,1-6H2;4H,3H2,1-2H3. The molecule has 0 bridgehead atoms. The van der Waals surface area contributed by atoms with Crippen molar-refractivity contribution in [2.24, 2.45) is 5.92 Å². The predicted octanol–water partition coefficient (Wildman–Crippen LogP) is 0.283. The van der Waals surface area contributed by atoms with E-state index in [1.165, 1.54) is 0 Å². The highest BCUT2D eigenvalue weighted by molar-refractivity contribution is 6.61. The van der Waals surface area contributed by atoms with Crippen LogP contribution >= 0.6 is 11.6 Å². The molecule has 0 spiro atoms. The second kappa shape index (κ2) is 14.7. The largest absolute Gasteiger partial charge is 0.453 e. The van der Waals surface area contributed by atoms with Crippen molar-refractivity contribution in [2.75, 3.05) is 46.1 Å². The molecule has 110 valence electrons. The van der Waals surface area contributed by atoms with Gasteiger partial charge >= 0.3 is 5.43 Å². The summed E-state index contributed by atoms with van der Waals surface area (Å²) in [7, 11) is 0. The molecule has 18 heavy (non-hydrogen) atoms. The fraction of sp³-hybridized carbons (Fsp3) is 0.909. The first-order valence-corrected chi connectivity index (χ1v) is 6.22. The predicted molar refractivity (Wildman–Crippen MR) is 69.7 cm³/mol. The van der Waals surface area contributed by atoms with Gasteiger partial charge in [0.2, 0.25) is 0 Å². The van der Waals surface area contributed by atoms with Gasteiger partial charge in [-0.15, -0.1) is 0 Å². The van der Waals surface area contributed by atoms with Gasteiger partial charge in [0.05, 0.1) is 26.4 Å². The van der Waals surface area contributed by atoms with E-state index >= 15 is 0 Å². The summed E-state index contributed by atoms with van der Waals surface area (Å²) < 4.78 is 4.43. The van der Waals surface area contributed by atoms with Gasteiger partial charge in [-0.05, 0) is 5.92 Å². The Balaban J connectivity index is 0. The molecule has 0 aliphatic carbocycles. The van der Waals surface area contributed by atoms with Crippen LogP contribution in [-0.2, 0) is 4.74 Å². The lowest BCUT2D eigenvalue weighted by Gasteiger charge is -2.17. The third-order valence-corrected chi connectivity index (χ3v) is 1.89. The van der Waals surface area contributed by atoms with Crippen LogP contribution in [0, 0.1) is 5.92 Å². The van der Waals surface area contributed by atoms with E-state index in [1.54, 1.807) is 4.90 Å². The molecule has 0 saturated heterocycles. The summed E-state index contributed by atoms with van der Waals surface area (Å²) in [6.45, 7) is 6.05. The van der Waals surface area contributed by atoms with Crippen LogP contribution in [0.4, 0.5) is 4.79 Å². The van der Waals surface area contributed by atoms with Gasteiger partial charge in [0.25, 0.3) is 0 Å². The fourth-order valence-electron chi connectivity index (χ4n) is 0.992. The van der Waals surface area contributed by atoms with Gasteiger partial charge < -0.3 is 20.1 Å². The quantitative estimate of drug-likeness (QED) is 0.555. The first-order chi connectivity index (χ1) is 8.47. The first kappa shape index (κ1) is 19.9. The van der Waals surface area contributed by atoms with Crippen LogP contribution in [0.25, 0.3) is 0 Å². The van der Waals surface area contributed by atoms with Gasteiger partial charge in [-0.3, -0.25) is 4.90 Å². The summed E-state index contributed by atoms with van der Waals surface area (Å²) >= 11 is 4.86. The molecule has 0 rings (SSSR count). The SMILES string of the molecule is CC(C)COC(=O)Cl.OCCN(CCO)CCO. The Morgan fingerprint density at radius 3 is 1.67 bits per heavy atom. The Hall–Kier alpha value is -0.400. The summed E-state index contributed by atoms with van der Waals surface area (Å²) in [6, 6.07) is 0. The molecule has 0 aromatic rings. The van der Waals surface area contributed by atoms with Crippen LogP contribution in [0.5, 0.6) is 0 Å². The lowest BCUT2D eigenvalue weighted by atomic mass is 10.2. The molecule has 0 radical (unpaired) electrons. The van der Waals surface area contributed by atoms with E-state index in [4.69, 9.17) is 26.9 Å². The molecule has 7 heteroatoms. The number of ether oxygens (including phenoxy) is 1. The normalized spacial score (nSPS) is 10.2. The van der Waals surface area contributed by atoms with E-state index in [-0.39, 0.29) is 19.8 Å². The average Bonchev–Trinajstić information content (AvgIpc) is 2.28. The molecule has 0 fully saturated rings. The van der Waals surface area contributed by atoms with Gasteiger partial charge in [-0.2, -0.15) is 0 Å². The highest BCUT2D eigenvalue weighted by Crippen LogP contribution is 1.94. The number of aliphatic hydroxyl groups excluding tert-OH is 3. The third-order valence-electron chi connectivity index (χ3n) is 1.78. The molecule has 3 N–H and O–H groups in total. The molecule has 0 heterocycles. The Morgan fingerprint density at radius 1 is 1.11 bits per heavy atom. The van der Waals surface area contributed by atoms with E-state index in [0.717, 1.165) is 0 Å². The first-order valence-electron chi connectivity index (χ1n) is 5.85. The Morgan fingerprint density at radius 2 is 1.50 bits per heavy atom. The number of halogens is 1. The van der Waals surface area contributed by atoms with Crippen molar-refractivity contribution in [3.63, 3.8) is 0 Å².